The van der Waals surface area contributed by atoms with E-state index in [1.807, 2.05) is 55.8 Å². The number of hydrogen-bond donors (Lipinski definition) is 2. The monoisotopic (exact) mass is 362 g/mol. The summed E-state index contributed by atoms with van der Waals surface area (Å²) in [6.07, 6.45) is 5.67. The quantitative estimate of drug-likeness (QED) is 0.412. The molecule has 0 amide bonds. The van der Waals surface area contributed by atoms with E-state index < -0.39 is 0 Å². The Labute approximate surface area is 155 Å². The average Bonchev–Trinajstić information content (AvgIpc) is 3.14. The summed E-state index contributed by atoms with van der Waals surface area (Å²) >= 11 is 1.54. The molecule has 6 nitrogen and oxygen atoms in total. The Morgan fingerprint density at radius 3 is 2.85 bits per heavy atom. The van der Waals surface area contributed by atoms with E-state index in [2.05, 4.69) is 30.2 Å². The molecular weight excluding hydrogens is 344 g/mol. The number of fused-ring (bicyclic) bond motifs is 1. The summed E-state index contributed by atoms with van der Waals surface area (Å²) in [6.45, 7) is 2.60. The standard InChI is InChI=1S/C19H18N6S/c1-12-9-16(24-19(23-12)26-2)15-10-17(25-18-14(15)6-8-21-18)22-11-13-5-3-4-7-20-13/h3-10H,11H2,1-2H3,(H2,21,22,25). The van der Waals surface area contributed by atoms with E-state index in [0.717, 1.165) is 44.7 Å². The number of H-pyrrole nitrogens is 1. The van der Waals surface area contributed by atoms with E-state index >= 15 is 0 Å². The molecule has 0 atom stereocenters. The molecule has 0 spiro atoms. The zero-order chi connectivity index (χ0) is 17.9. The first-order valence-corrected chi connectivity index (χ1v) is 9.47. The van der Waals surface area contributed by atoms with Crippen LogP contribution in [0.1, 0.15) is 11.4 Å². The van der Waals surface area contributed by atoms with Crippen LogP contribution >= 0.6 is 11.8 Å². The zero-order valence-electron chi connectivity index (χ0n) is 14.5. The van der Waals surface area contributed by atoms with Gasteiger partial charge in [0.2, 0.25) is 0 Å². The highest BCUT2D eigenvalue weighted by Crippen LogP contribution is 2.30. The van der Waals surface area contributed by atoms with Crippen LogP contribution < -0.4 is 5.32 Å². The Morgan fingerprint density at radius 2 is 2.04 bits per heavy atom. The predicted molar refractivity (Wildman–Crippen MR) is 105 cm³/mol. The molecule has 0 aliphatic heterocycles. The number of aromatic nitrogens is 5. The number of aromatic amines is 1. The molecule has 4 aromatic heterocycles. The summed E-state index contributed by atoms with van der Waals surface area (Å²) in [4.78, 5) is 21.3. The summed E-state index contributed by atoms with van der Waals surface area (Å²) in [5.41, 5.74) is 4.66. The molecule has 26 heavy (non-hydrogen) atoms. The first kappa shape index (κ1) is 16.5. The number of anilines is 1. The fourth-order valence-corrected chi connectivity index (χ4v) is 3.22. The average molecular weight is 362 g/mol. The molecule has 130 valence electrons. The second kappa shape index (κ2) is 7.13. The van der Waals surface area contributed by atoms with Gasteiger partial charge < -0.3 is 10.3 Å². The number of aryl methyl sites for hydroxylation is 1. The van der Waals surface area contributed by atoms with Gasteiger partial charge in [0, 0.05) is 29.0 Å². The summed E-state index contributed by atoms with van der Waals surface area (Å²) in [5, 5.41) is 5.16. The van der Waals surface area contributed by atoms with Gasteiger partial charge in [0.05, 0.1) is 17.9 Å². The van der Waals surface area contributed by atoms with Crippen LogP contribution in [-0.2, 0) is 6.54 Å². The van der Waals surface area contributed by atoms with Gasteiger partial charge in [-0.3, -0.25) is 4.98 Å². The highest BCUT2D eigenvalue weighted by atomic mass is 32.2. The van der Waals surface area contributed by atoms with Crippen LogP contribution in [0, 0.1) is 6.92 Å². The molecule has 0 aliphatic carbocycles. The number of nitrogens with zero attached hydrogens (tertiary/aromatic N) is 4. The third kappa shape index (κ3) is 3.39. The van der Waals surface area contributed by atoms with E-state index in [1.165, 1.54) is 0 Å². The van der Waals surface area contributed by atoms with Crippen LogP contribution in [0.3, 0.4) is 0 Å². The van der Waals surface area contributed by atoms with Crippen molar-refractivity contribution in [3.05, 3.63) is 60.2 Å². The van der Waals surface area contributed by atoms with Crippen LogP contribution in [0.4, 0.5) is 5.82 Å². The second-order valence-corrected chi connectivity index (χ2v) is 6.62. The first-order chi connectivity index (χ1) is 12.7. The molecule has 2 N–H and O–H groups in total. The molecule has 0 aliphatic rings. The molecule has 4 rings (SSSR count). The number of hydrogen-bond acceptors (Lipinski definition) is 6. The molecule has 7 heteroatoms. The first-order valence-electron chi connectivity index (χ1n) is 8.25. The lowest BCUT2D eigenvalue weighted by molar-refractivity contribution is 0.941. The minimum absolute atomic E-state index is 0.609. The number of rotatable bonds is 5. The molecule has 0 saturated heterocycles. The molecular formula is C19H18N6S. The highest BCUT2D eigenvalue weighted by molar-refractivity contribution is 7.98. The van der Waals surface area contributed by atoms with Crippen molar-refractivity contribution in [3.63, 3.8) is 0 Å². The van der Waals surface area contributed by atoms with Crippen LogP contribution in [0.15, 0.2) is 53.9 Å². The van der Waals surface area contributed by atoms with Gasteiger partial charge in [0.25, 0.3) is 0 Å². The molecule has 4 heterocycles. The van der Waals surface area contributed by atoms with Crippen molar-refractivity contribution in [2.75, 3.05) is 11.6 Å². The largest absolute Gasteiger partial charge is 0.364 e. The van der Waals surface area contributed by atoms with Crippen LogP contribution in [0.25, 0.3) is 22.3 Å². The molecule has 0 unspecified atom stereocenters. The maximum Gasteiger partial charge on any atom is 0.188 e. The highest BCUT2D eigenvalue weighted by Gasteiger charge is 2.12. The molecule has 0 aromatic carbocycles. The Morgan fingerprint density at radius 1 is 1.12 bits per heavy atom. The van der Waals surface area contributed by atoms with E-state index in [1.54, 1.807) is 18.0 Å². The Hall–Kier alpha value is -2.93. The lowest BCUT2D eigenvalue weighted by atomic mass is 10.1. The van der Waals surface area contributed by atoms with Gasteiger partial charge in [-0.15, -0.1) is 0 Å². The van der Waals surface area contributed by atoms with Gasteiger partial charge >= 0.3 is 0 Å². The lowest BCUT2D eigenvalue weighted by Gasteiger charge is -2.10. The third-order valence-corrected chi connectivity index (χ3v) is 4.55. The minimum atomic E-state index is 0.609. The van der Waals surface area contributed by atoms with Crippen molar-refractivity contribution in [3.8, 4) is 11.3 Å². The topological polar surface area (TPSA) is 79.4 Å². The SMILES string of the molecule is CSc1nc(C)cc(-c2cc(NCc3ccccn3)nc3[nH]ccc23)n1. The van der Waals surface area contributed by atoms with Crippen molar-refractivity contribution in [2.24, 2.45) is 0 Å². The molecule has 0 bridgehead atoms. The fourth-order valence-electron chi connectivity index (χ4n) is 2.79. The fraction of sp³-hybridized carbons (Fsp3) is 0.158. The molecule has 0 radical (unpaired) electrons. The van der Waals surface area contributed by atoms with Crippen molar-refractivity contribution in [1.29, 1.82) is 0 Å². The second-order valence-electron chi connectivity index (χ2n) is 5.85. The Bertz CT molecular complexity index is 1040. The molecule has 0 saturated carbocycles. The summed E-state index contributed by atoms with van der Waals surface area (Å²) in [7, 11) is 0. The van der Waals surface area contributed by atoms with Gasteiger partial charge in [-0.2, -0.15) is 0 Å². The van der Waals surface area contributed by atoms with Gasteiger partial charge in [-0.25, -0.2) is 15.0 Å². The van der Waals surface area contributed by atoms with Crippen molar-refractivity contribution in [2.45, 2.75) is 18.6 Å². The third-order valence-electron chi connectivity index (χ3n) is 4.00. The number of thioether (sulfide) groups is 1. The normalized spacial score (nSPS) is 11.0. The predicted octanol–water partition coefficient (Wildman–Crippen LogP) is 4.06. The van der Waals surface area contributed by atoms with Crippen molar-refractivity contribution >= 4 is 28.6 Å². The smallest absolute Gasteiger partial charge is 0.188 e. The van der Waals surface area contributed by atoms with E-state index in [4.69, 9.17) is 0 Å². The van der Waals surface area contributed by atoms with Crippen molar-refractivity contribution < 1.29 is 0 Å². The van der Waals surface area contributed by atoms with E-state index in [9.17, 15) is 0 Å². The molecule has 0 fully saturated rings. The minimum Gasteiger partial charge on any atom is -0.364 e. The summed E-state index contributed by atoms with van der Waals surface area (Å²) < 4.78 is 0. The van der Waals surface area contributed by atoms with Gasteiger partial charge in [-0.1, -0.05) is 17.8 Å². The van der Waals surface area contributed by atoms with E-state index in [0.29, 0.717) is 6.54 Å². The maximum absolute atomic E-state index is 4.68. The molecule has 4 aromatic rings. The van der Waals surface area contributed by atoms with Crippen LogP contribution in [0.2, 0.25) is 0 Å². The number of nitrogens with one attached hydrogen (secondary N) is 2. The maximum atomic E-state index is 4.68. The van der Waals surface area contributed by atoms with Crippen LogP contribution in [0.5, 0.6) is 0 Å². The Kier molecular flexibility index (Phi) is 4.53. The van der Waals surface area contributed by atoms with Crippen molar-refractivity contribution in [1.82, 2.24) is 24.9 Å². The lowest BCUT2D eigenvalue weighted by Crippen LogP contribution is -2.03. The van der Waals surface area contributed by atoms with E-state index in [-0.39, 0.29) is 0 Å². The summed E-state index contributed by atoms with van der Waals surface area (Å²) in [6, 6.07) is 11.9. The van der Waals surface area contributed by atoms with Gasteiger partial charge in [0.15, 0.2) is 5.16 Å². The van der Waals surface area contributed by atoms with Gasteiger partial charge in [-0.05, 0) is 43.5 Å². The summed E-state index contributed by atoms with van der Waals surface area (Å²) in [5.74, 6) is 0.780. The number of pyridine rings is 2. The Balaban J connectivity index is 1.74. The zero-order valence-corrected chi connectivity index (χ0v) is 15.3. The van der Waals surface area contributed by atoms with Gasteiger partial charge in [0.1, 0.15) is 11.5 Å². The van der Waals surface area contributed by atoms with Crippen LogP contribution in [-0.4, -0.2) is 31.2 Å².